The summed E-state index contributed by atoms with van der Waals surface area (Å²) in [6.45, 7) is 11.2. The van der Waals surface area contributed by atoms with E-state index in [-0.39, 0.29) is 49.8 Å². The van der Waals surface area contributed by atoms with Gasteiger partial charge in [-0.3, -0.25) is 14.4 Å². The summed E-state index contributed by atoms with van der Waals surface area (Å²) < 4.78 is 16.0. The number of hydrogen-bond acceptors (Lipinski definition) is 6. The summed E-state index contributed by atoms with van der Waals surface area (Å²) in [5.74, 6) is -0.807. The molecule has 0 fully saturated rings. The highest BCUT2D eigenvalue weighted by atomic mass is 16.6. The van der Waals surface area contributed by atoms with Crippen LogP contribution in [-0.4, -0.2) is 17.9 Å². The van der Waals surface area contributed by atoms with Crippen LogP contribution in [0.1, 0.15) is 77.5 Å². The molecule has 0 unspecified atom stereocenters. The molecule has 6 heteroatoms. The molecule has 150 valence electrons. The molecule has 0 spiro atoms. The van der Waals surface area contributed by atoms with Crippen molar-refractivity contribution in [1.82, 2.24) is 0 Å². The van der Waals surface area contributed by atoms with E-state index in [1.165, 1.54) is 0 Å². The summed E-state index contributed by atoms with van der Waals surface area (Å²) in [5, 5.41) is 0. The molecule has 0 aliphatic heterocycles. The molecule has 1 aromatic rings. The summed E-state index contributed by atoms with van der Waals surface area (Å²) in [6, 6.07) is 3.73. The van der Waals surface area contributed by atoms with E-state index in [0.717, 1.165) is 5.56 Å². The zero-order chi connectivity index (χ0) is 20.6. The number of esters is 3. The standard InChI is InChI=1S/C21H30O6/c1-7-17(22)25-12-14-10-16(21(4,5)6)11-15(13-26-18(23)8-2)20(14)27-19(24)9-3/h10-11H,7-9,12-13H2,1-6H3. The van der Waals surface area contributed by atoms with Crippen molar-refractivity contribution < 1.29 is 28.6 Å². The largest absolute Gasteiger partial charge is 0.461 e. The van der Waals surface area contributed by atoms with E-state index < -0.39 is 5.97 Å². The van der Waals surface area contributed by atoms with Gasteiger partial charge in [-0.2, -0.15) is 0 Å². The van der Waals surface area contributed by atoms with Gasteiger partial charge in [0.25, 0.3) is 0 Å². The third kappa shape index (κ3) is 7.04. The number of carbonyl (C=O) groups is 3. The highest BCUT2D eigenvalue weighted by Crippen LogP contribution is 2.33. The van der Waals surface area contributed by atoms with Crippen molar-refractivity contribution in [3.63, 3.8) is 0 Å². The maximum absolute atomic E-state index is 11.9. The Morgan fingerprint density at radius 2 is 1.19 bits per heavy atom. The predicted octanol–water partition coefficient (Wildman–Crippen LogP) is 4.21. The highest BCUT2D eigenvalue weighted by Gasteiger charge is 2.22. The highest BCUT2D eigenvalue weighted by molar-refractivity contribution is 5.74. The molecular formula is C21H30O6. The Morgan fingerprint density at radius 3 is 1.52 bits per heavy atom. The molecule has 0 atom stereocenters. The number of carbonyl (C=O) groups excluding carboxylic acids is 3. The monoisotopic (exact) mass is 378 g/mol. The number of benzene rings is 1. The van der Waals surface area contributed by atoms with Gasteiger partial charge in [0.2, 0.25) is 0 Å². The van der Waals surface area contributed by atoms with E-state index in [4.69, 9.17) is 14.2 Å². The average Bonchev–Trinajstić information content (AvgIpc) is 2.63. The van der Waals surface area contributed by atoms with Crippen molar-refractivity contribution in [2.75, 3.05) is 0 Å². The fourth-order valence-electron chi connectivity index (χ4n) is 2.24. The zero-order valence-corrected chi connectivity index (χ0v) is 17.1. The Hall–Kier alpha value is -2.37. The van der Waals surface area contributed by atoms with Gasteiger partial charge in [0, 0.05) is 30.4 Å². The van der Waals surface area contributed by atoms with Crippen molar-refractivity contribution in [1.29, 1.82) is 0 Å². The zero-order valence-electron chi connectivity index (χ0n) is 17.1. The minimum atomic E-state index is -0.412. The third-order valence-electron chi connectivity index (χ3n) is 3.97. The van der Waals surface area contributed by atoms with Crippen LogP contribution in [0, 0.1) is 0 Å². The number of rotatable bonds is 8. The normalized spacial score (nSPS) is 11.0. The molecule has 27 heavy (non-hydrogen) atoms. The third-order valence-corrected chi connectivity index (χ3v) is 3.97. The Kier molecular flexibility index (Phi) is 8.47. The van der Waals surface area contributed by atoms with Crippen molar-refractivity contribution >= 4 is 17.9 Å². The first-order valence-corrected chi connectivity index (χ1v) is 9.30. The Labute approximate surface area is 161 Å². The first-order chi connectivity index (χ1) is 12.6. The molecule has 1 rings (SSSR count). The summed E-state index contributed by atoms with van der Waals surface area (Å²) >= 11 is 0. The van der Waals surface area contributed by atoms with Crippen molar-refractivity contribution in [2.24, 2.45) is 0 Å². The smallest absolute Gasteiger partial charge is 0.310 e. The van der Waals surface area contributed by atoms with Gasteiger partial charge in [-0.1, -0.05) is 41.5 Å². The van der Waals surface area contributed by atoms with E-state index in [1.54, 1.807) is 20.8 Å². The Morgan fingerprint density at radius 1 is 0.778 bits per heavy atom. The molecule has 0 aliphatic rings. The van der Waals surface area contributed by atoms with Crippen LogP contribution >= 0.6 is 0 Å². The second-order valence-electron chi connectivity index (χ2n) is 7.23. The van der Waals surface area contributed by atoms with Gasteiger partial charge >= 0.3 is 17.9 Å². The van der Waals surface area contributed by atoms with E-state index in [0.29, 0.717) is 16.9 Å². The Bertz CT molecular complexity index is 643. The van der Waals surface area contributed by atoms with Crippen LogP contribution in [0.5, 0.6) is 5.75 Å². The fraction of sp³-hybridized carbons (Fsp3) is 0.571. The molecular weight excluding hydrogens is 348 g/mol. The quantitative estimate of drug-likeness (QED) is 0.498. The first kappa shape index (κ1) is 22.7. The summed E-state index contributed by atoms with van der Waals surface area (Å²) in [7, 11) is 0. The second kappa shape index (κ2) is 10.1. The van der Waals surface area contributed by atoms with Crippen LogP contribution in [0.15, 0.2) is 12.1 Å². The lowest BCUT2D eigenvalue weighted by molar-refractivity contribution is -0.145. The molecule has 0 heterocycles. The SMILES string of the molecule is CCC(=O)OCc1cc(C(C)(C)C)cc(COC(=O)CC)c1OC(=O)CC. The van der Waals surface area contributed by atoms with Gasteiger partial charge < -0.3 is 14.2 Å². The minimum absolute atomic E-state index is 0.0162. The lowest BCUT2D eigenvalue weighted by Crippen LogP contribution is -2.17. The number of hydrogen-bond donors (Lipinski definition) is 0. The van der Waals surface area contributed by atoms with Gasteiger partial charge in [0.05, 0.1) is 0 Å². The molecule has 0 N–H and O–H groups in total. The van der Waals surface area contributed by atoms with Crippen molar-refractivity contribution in [3.05, 3.63) is 28.8 Å². The van der Waals surface area contributed by atoms with Crippen molar-refractivity contribution in [3.8, 4) is 5.75 Å². The minimum Gasteiger partial charge on any atom is -0.461 e. The van der Waals surface area contributed by atoms with Gasteiger partial charge in [-0.15, -0.1) is 0 Å². The van der Waals surface area contributed by atoms with Crippen LogP contribution in [0.2, 0.25) is 0 Å². The van der Waals surface area contributed by atoms with Gasteiger partial charge in [0.1, 0.15) is 19.0 Å². The lowest BCUT2D eigenvalue weighted by atomic mass is 9.84. The molecule has 0 saturated heterocycles. The van der Waals surface area contributed by atoms with Gasteiger partial charge in [0.15, 0.2) is 0 Å². The fourth-order valence-corrected chi connectivity index (χ4v) is 2.24. The molecule has 0 saturated carbocycles. The molecule has 0 radical (unpaired) electrons. The van der Waals surface area contributed by atoms with Crippen LogP contribution in [0.3, 0.4) is 0 Å². The van der Waals surface area contributed by atoms with Crippen LogP contribution in [-0.2, 0) is 42.5 Å². The topological polar surface area (TPSA) is 78.9 Å². The summed E-state index contributed by atoms with van der Waals surface area (Å²) in [5.41, 5.74) is 1.92. The molecule has 6 nitrogen and oxygen atoms in total. The van der Waals surface area contributed by atoms with Crippen LogP contribution in [0.25, 0.3) is 0 Å². The van der Waals surface area contributed by atoms with Gasteiger partial charge in [-0.05, 0) is 23.1 Å². The van der Waals surface area contributed by atoms with Crippen LogP contribution < -0.4 is 4.74 Å². The molecule has 0 aromatic heterocycles. The van der Waals surface area contributed by atoms with E-state index in [9.17, 15) is 14.4 Å². The van der Waals surface area contributed by atoms with Crippen LogP contribution in [0.4, 0.5) is 0 Å². The van der Waals surface area contributed by atoms with E-state index in [1.807, 2.05) is 32.9 Å². The Balaban J connectivity index is 3.40. The number of ether oxygens (including phenoxy) is 3. The van der Waals surface area contributed by atoms with Crippen molar-refractivity contribution in [2.45, 2.75) is 79.4 Å². The molecule has 0 aliphatic carbocycles. The van der Waals surface area contributed by atoms with Gasteiger partial charge in [-0.25, -0.2) is 0 Å². The summed E-state index contributed by atoms with van der Waals surface area (Å²) in [4.78, 5) is 35.1. The molecule has 0 amide bonds. The lowest BCUT2D eigenvalue weighted by Gasteiger charge is -2.23. The average molecular weight is 378 g/mol. The molecule has 1 aromatic carbocycles. The first-order valence-electron chi connectivity index (χ1n) is 9.30. The summed E-state index contributed by atoms with van der Waals surface area (Å²) in [6.07, 6.45) is 0.706. The molecule has 0 bridgehead atoms. The maximum atomic E-state index is 11.9. The maximum Gasteiger partial charge on any atom is 0.310 e. The second-order valence-corrected chi connectivity index (χ2v) is 7.23. The predicted molar refractivity (Wildman–Crippen MR) is 101 cm³/mol. The van der Waals surface area contributed by atoms with E-state index in [2.05, 4.69) is 0 Å². The van der Waals surface area contributed by atoms with E-state index >= 15 is 0 Å².